The van der Waals surface area contributed by atoms with Crippen LogP contribution in [-0.2, 0) is 20.7 Å². The third-order valence-electron chi connectivity index (χ3n) is 11.8. The Balaban J connectivity index is 1.37. The van der Waals surface area contributed by atoms with Crippen molar-refractivity contribution in [3.05, 3.63) is 69.5 Å². The zero-order chi connectivity index (χ0) is 38.9. The molecular formula is C45H66FNO5S. The number of likely N-dealkylation sites (tertiary alicyclic amines) is 1. The van der Waals surface area contributed by atoms with Gasteiger partial charge in [0.1, 0.15) is 29.0 Å². The van der Waals surface area contributed by atoms with Crippen molar-refractivity contribution < 1.29 is 28.2 Å². The summed E-state index contributed by atoms with van der Waals surface area (Å²) < 4.78 is 32.8. The van der Waals surface area contributed by atoms with E-state index in [4.69, 9.17) is 26.8 Å². The molecule has 1 saturated heterocycles. The molecule has 6 nitrogen and oxygen atoms in total. The van der Waals surface area contributed by atoms with Crippen molar-refractivity contribution in [1.29, 1.82) is 0 Å². The number of carbonyl (C=O) groups is 2. The smallest absolute Gasteiger partial charge is 0.336 e. The summed E-state index contributed by atoms with van der Waals surface area (Å²) >= 11 is 4.75. The molecule has 2 aromatic carbocycles. The van der Waals surface area contributed by atoms with Crippen molar-refractivity contribution in [2.24, 2.45) is 17.8 Å². The number of methoxy groups -OCH3 is 1. The van der Waals surface area contributed by atoms with Crippen molar-refractivity contribution in [3.8, 4) is 11.5 Å². The Kier molecular flexibility index (Phi) is 15.9. The molecule has 0 N–H and O–H groups in total. The summed E-state index contributed by atoms with van der Waals surface area (Å²) in [7, 11) is 1.30. The molecule has 2 aliphatic rings. The van der Waals surface area contributed by atoms with E-state index in [-0.39, 0.29) is 23.0 Å². The average Bonchev–Trinajstić information content (AvgIpc) is 3.11. The largest absolute Gasteiger partial charge is 0.487 e. The highest BCUT2D eigenvalue weighted by atomic mass is 32.1. The van der Waals surface area contributed by atoms with Crippen LogP contribution in [0.15, 0.2) is 35.9 Å². The third kappa shape index (κ3) is 11.6. The second kappa shape index (κ2) is 19.7. The highest BCUT2D eigenvalue weighted by Gasteiger charge is 2.36. The topological polar surface area (TPSA) is 65.1 Å². The first-order valence-electron chi connectivity index (χ1n) is 20.1. The van der Waals surface area contributed by atoms with Gasteiger partial charge in [0.05, 0.1) is 7.11 Å². The van der Waals surface area contributed by atoms with Crippen LogP contribution in [0.25, 0.3) is 0 Å². The minimum Gasteiger partial charge on any atom is -0.487 e. The van der Waals surface area contributed by atoms with Gasteiger partial charge in [-0.05, 0) is 106 Å². The minimum absolute atomic E-state index is 0.202. The van der Waals surface area contributed by atoms with E-state index in [2.05, 4.69) is 41.5 Å². The Morgan fingerprint density at radius 3 is 2.26 bits per heavy atom. The van der Waals surface area contributed by atoms with Crippen molar-refractivity contribution in [3.63, 3.8) is 0 Å². The molecule has 8 heteroatoms. The molecule has 53 heavy (non-hydrogen) atoms. The van der Waals surface area contributed by atoms with Gasteiger partial charge in [-0.25, -0.2) is 14.0 Å². The fraction of sp³-hybridized carbons (Fsp3) is 0.644. The highest BCUT2D eigenvalue weighted by Crippen LogP contribution is 2.45. The molecule has 0 radical (unpaired) electrons. The lowest BCUT2D eigenvalue weighted by Crippen LogP contribution is -2.42. The number of rotatable bonds is 17. The Bertz CT molecular complexity index is 1590. The van der Waals surface area contributed by atoms with Gasteiger partial charge < -0.3 is 14.2 Å². The Morgan fingerprint density at radius 2 is 1.62 bits per heavy atom. The number of halogens is 1. The second-order valence-corrected chi connectivity index (χ2v) is 17.4. The number of benzene rings is 2. The number of hydrogen-bond acceptors (Lipinski definition) is 7. The van der Waals surface area contributed by atoms with Gasteiger partial charge in [0.2, 0.25) is 0 Å². The molecule has 1 unspecified atom stereocenters. The maximum atomic E-state index is 14.8. The molecule has 1 fully saturated rings. The van der Waals surface area contributed by atoms with Gasteiger partial charge in [0, 0.05) is 35.5 Å². The Hall–Kier alpha value is -2.84. The quantitative estimate of drug-likeness (QED) is 0.0751. The molecule has 2 aliphatic heterocycles. The SMILES string of the molecule is COC(=O)[C@H](c1ccccc1F)N1CCC(S)/C(=C\C(=O)Oc2c(C)c(C)c3c(c2C)CC[C@@](C)(CCC[C@H](C)CCC[C@H](C)CCCC(C)C)O3)C1. The van der Waals surface area contributed by atoms with Crippen LogP contribution in [0.1, 0.15) is 139 Å². The lowest BCUT2D eigenvalue weighted by atomic mass is 9.83. The van der Waals surface area contributed by atoms with Gasteiger partial charge in [0.25, 0.3) is 0 Å². The Morgan fingerprint density at radius 1 is 0.981 bits per heavy atom. The standard InChI is InChI=1S/C45H66FNO5S/c1-29(2)15-12-16-30(3)17-13-18-31(4)19-14-24-45(8)25-22-36-34(7)42(32(5)33(6)43(36)52-45)51-40(48)27-35-28-47(26-23-39(35)53)41(44(49)50-9)37-20-10-11-21-38(37)46/h10-11,20-21,27,29-31,39,41,53H,12-19,22-26,28H2,1-9H3/b35-27-/t30-,31-,39?,41+,45-/m1/s1. The highest BCUT2D eigenvalue weighted by molar-refractivity contribution is 7.81. The van der Waals surface area contributed by atoms with Gasteiger partial charge in [-0.2, -0.15) is 12.6 Å². The predicted octanol–water partition coefficient (Wildman–Crippen LogP) is 11.0. The van der Waals surface area contributed by atoms with Gasteiger partial charge in [-0.1, -0.05) is 90.8 Å². The number of esters is 2. The molecule has 2 aromatic rings. The van der Waals surface area contributed by atoms with Crippen LogP contribution in [0.2, 0.25) is 0 Å². The van der Waals surface area contributed by atoms with Crippen LogP contribution in [-0.4, -0.2) is 47.9 Å². The van der Waals surface area contributed by atoms with Crippen molar-refractivity contribution >= 4 is 24.6 Å². The van der Waals surface area contributed by atoms with Crippen LogP contribution in [0, 0.1) is 44.3 Å². The summed E-state index contributed by atoms with van der Waals surface area (Å²) in [6.45, 7) is 18.5. The number of nitrogens with zero attached hydrogens (tertiary/aromatic N) is 1. The van der Waals surface area contributed by atoms with E-state index in [9.17, 15) is 14.0 Å². The molecule has 2 heterocycles. The van der Waals surface area contributed by atoms with E-state index in [1.807, 2.05) is 18.7 Å². The lowest BCUT2D eigenvalue weighted by molar-refractivity contribution is -0.147. The van der Waals surface area contributed by atoms with E-state index in [1.165, 1.54) is 64.2 Å². The summed E-state index contributed by atoms with van der Waals surface area (Å²) in [4.78, 5) is 28.2. The molecule has 4 rings (SSSR count). The van der Waals surface area contributed by atoms with Gasteiger partial charge in [-0.15, -0.1) is 0 Å². The molecule has 0 bridgehead atoms. The van der Waals surface area contributed by atoms with Crippen LogP contribution in [0.4, 0.5) is 4.39 Å². The van der Waals surface area contributed by atoms with Gasteiger partial charge in [0.15, 0.2) is 0 Å². The summed E-state index contributed by atoms with van der Waals surface area (Å²) in [5.41, 5.74) is 4.67. The lowest BCUT2D eigenvalue weighted by Gasteiger charge is -2.38. The minimum atomic E-state index is -0.939. The molecule has 0 amide bonds. The van der Waals surface area contributed by atoms with E-state index in [1.54, 1.807) is 18.2 Å². The number of thiol groups is 1. The molecule has 5 atom stereocenters. The maximum Gasteiger partial charge on any atom is 0.336 e. The Labute approximate surface area is 325 Å². The maximum absolute atomic E-state index is 14.8. The normalized spacial score (nSPS) is 21.5. The van der Waals surface area contributed by atoms with Gasteiger partial charge in [-0.3, -0.25) is 4.90 Å². The fourth-order valence-corrected chi connectivity index (χ4v) is 8.50. The summed E-state index contributed by atoms with van der Waals surface area (Å²) in [6.07, 6.45) is 15.3. The third-order valence-corrected chi connectivity index (χ3v) is 12.4. The molecule has 0 saturated carbocycles. The zero-order valence-corrected chi connectivity index (χ0v) is 34.9. The van der Waals surface area contributed by atoms with Crippen molar-refractivity contribution in [1.82, 2.24) is 4.90 Å². The number of carbonyl (C=O) groups excluding carboxylic acids is 2. The van der Waals surface area contributed by atoms with E-state index in [0.29, 0.717) is 24.3 Å². The molecule has 0 spiro atoms. The first kappa shape index (κ1) is 42.9. The molecular weight excluding hydrogens is 686 g/mol. The van der Waals surface area contributed by atoms with E-state index < -0.39 is 23.8 Å². The summed E-state index contributed by atoms with van der Waals surface area (Å²) in [5, 5.41) is -0.202. The van der Waals surface area contributed by atoms with Crippen molar-refractivity contribution in [2.75, 3.05) is 20.2 Å². The summed E-state index contributed by atoms with van der Waals surface area (Å²) in [5.74, 6) is 2.34. The monoisotopic (exact) mass is 751 g/mol. The molecule has 0 aromatic heterocycles. The van der Waals surface area contributed by atoms with E-state index in [0.717, 1.165) is 71.4 Å². The predicted molar refractivity (Wildman–Crippen MR) is 217 cm³/mol. The van der Waals surface area contributed by atoms with Crippen molar-refractivity contribution in [2.45, 2.75) is 149 Å². The average molecular weight is 752 g/mol. The van der Waals surface area contributed by atoms with E-state index >= 15 is 0 Å². The first-order valence-corrected chi connectivity index (χ1v) is 20.6. The van der Waals surface area contributed by atoms with Crippen LogP contribution in [0.3, 0.4) is 0 Å². The van der Waals surface area contributed by atoms with Crippen LogP contribution < -0.4 is 9.47 Å². The number of ether oxygens (including phenoxy) is 3. The van der Waals surface area contributed by atoms with Crippen LogP contribution >= 0.6 is 12.6 Å². The van der Waals surface area contributed by atoms with Gasteiger partial charge >= 0.3 is 11.9 Å². The second-order valence-electron chi connectivity index (χ2n) is 16.8. The zero-order valence-electron chi connectivity index (χ0n) is 34.0. The number of hydrogen-bond donors (Lipinski definition) is 1. The molecule has 0 aliphatic carbocycles. The number of fused-ring (bicyclic) bond motifs is 1. The van der Waals surface area contributed by atoms with Crippen LogP contribution in [0.5, 0.6) is 11.5 Å². The molecule has 294 valence electrons. The number of piperidine rings is 1. The summed E-state index contributed by atoms with van der Waals surface area (Å²) in [6, 6.07) is 5.28. The first-order chi connectivity index (χ1) is 25.1. The fourth-order valence-electron chi connectivity index (χ4n) is 8.23.